The zero-order valence-corrected chi connectivity index (χ0v) is 15.5. The molecule has 0 spiro atoms. The van der Waals surface area contributed by atoms with Crippen molar-refractivity contribution in [3.8, 4) is 5.75 Å². The lowest BCUT2D eigenvalue weighted by Gasteiger charge is -2.03. The number of carboxylic acid groups (broad SMARTS) is 1. The van der Waals surface area contributed by atoms with Gasteiger partial charge in [0.1, 0.15) is 5.75 Å². The number of amides is 1. The van der Waals surface area contributed by atoms with E-state index in [2.05, 4.69) is 17.2 Å². The highest BCUT2D eigenvalue weighted by atomic mass is 32.2. The van der Waals surface area contributed by atoms with Crippen LogP contribution < -0.4 is 10.1 Å². The van der Waals surface area contributed by atoms with Crippen molar-refractivity contribution in [2.75, 3.05) is 6.61 Å². The van der Waals surface area contributed by atoms with Crippen molar-refractivity contribution in [3.05, 3.63) is 64.6 Å². The maximum Gasteiger partial charge on any atom is 0.341 e. The summed E-state index contributed by atoms with van der Waals surface area (Å²) in [4.78, 5) is 27.7. The summed E-state index contributed by atoms with van der Waals surface area (Å²) in [5.74, 6) is -0.771. The summed E-state index contributed by atoms with van der Waals surface area (Å²) in [5, 5.41) is 11.9. The Kier molecular flexibility index (Phi) is 5.93. The molecule has 27 heavy (non-hydrogen) atoms. The normalized spacial score (nSPS) is 16.6. The van der Waals surface area contributed by atoms with E-state index in [-0.39, 0.29) is 5.91 Å². The highest BCUT2D eigenvalue weighted by molar-refractivity contribution is 8.18. The predicted molar refractivity (Wildman–Crippen MR) is 106 cm³/mol. The molecule has 0 aliphatic carbocycles. The smallest absolute Gasteiger partial charge is 0.341 e. The van der Waals surface area contributed by atoms with E-state index in [1.54, 1.807) is 30.3 Å². The maximum absolute atomic E-state index is 12.2. The Balaban J connectivity index is 1.69. The summed E-state index contributed by atoms with van der Waals surface area (Å²) in [5.41, 5.74) is 2.83. The fourth-order valence-electron chi connectivity index (χ4n) is 2.36. The van der Waals surface area contributed by atoms with Gasteiger partial charge in [0.05, 0.1) is 10.6 Å². The Morgan fingerprint density at radius 2 is 1.89 bits per heavy atom. The summed E-state index contributed by atoms with van der Waals surface area (Å²) >= 11 is 1.28. The molecule has 3 rings (SSSR count). The Morgan fingerprint density at radius 3 is 2.52 bits per heavy atom. The first-order chi connectivity index (χ1) is 13.0. The van der Waals surface area contributed by atoms with E-state index in [4.69, 9.17) is 9.84 Å². The molecular formula is C20H18N2O4S. The molecule has 2 aromatic rings. The molecule has 0 bridgehead atoms. The van der Waals surface area contributed by atoms with Crippen LogP contribution in [0.1, 0.15) is 18.1 Å². The number of ether oxygens (including phenoxy) is 1. The van der Waals surface area contributed by atoms with Crippen molar-refractivity contribution in [2.24, 2.45) is 4.99 Å². The molecule has 7 heteroatoms. The quantitative estimate of drug-likeness (QED) is 0.745. The monoisotopic (exact) mass is 382 g/mol. The van der Waals surface area contributed by atoms with Crippen molar-refractivity contribution >= 4 is 40.6 Å². The predicted octanol–water partition coefficient (Wildman–Crippen LogP) is 3.60. The zero-order valence-electron chi connectivity index (χ0n) is 14.6. The van der Waals surface area contributed by atoms with Crippen molar-refractivity contribution in [1.29, 1.82) is 0 Å². The van der Waals surface area contributed by atoms with E-state index in [0.717, 1.165) is 17.7 Å². The molecule has 1 saturated heterocycles. The third-order valence-electron chi connectivity index (χ3n) is 3.77. The molecule has 1 aliphatic heterocycles. The van der Waals surface area contributed by atoms with Gasteiger partial charge in [-0.25, -0.2) is 9.79 Å². The number of hydrogen-bond acceptors (Lipinski definition) is 5. The number of thioether (sulfide) groups is 1. The zero-order chi connectivity index (χ0) is 19.2. The number of amidine groups is 1. The molecule has 1 aliphatic rings. The molecule has 2 aromatic carbocycles. The fraction of sp³-hybridized carbons (Fsp3) is 0.150. The lowest BCUT2D eigenvalue weighted by Crippen LogP contribution is -2.19. The Hall–Kier alpha value is -3.06. The first-order valence-corrected chi connectivity index (χ1v) is 9.18. The molecule has 138 valence electrons. The molecule has 1 heterocycles. The van der Waals surface area contributed by atoms with Gasteiger partial charge in [-0.3, -0.25) is 4.79 Å². The van der Waals surface area contributed by atoms with E-state index in [1.807, 2.05) is 24.3 Å². The van der Waals surface area contributed by atoms with Gasteiger partial charge >= 0.3 is 5.97 Å². The summed E-state index contributed by atoms with van der Waals surface area (Å²) in [6, 6.07) is 14.7. The number of hydrogen-bond donors (Lipinski definition) is 2. The van der Waals surface area contributed by atoms with Crippen molar-refractivity contribution in [2.45, 2.75) is 13.3 Å². The van der Waals surface area contributed by atoms with E-state index < -0.39 is 12.6 Å². The third kappa shape index (κ3) is 5.21. The second kappa shape index (κ2) is 8.55. The summed E-state index contributed by atoms with van der Waals surface area (Å²) in [7, 11) is 0. The minimum absolute atomic E-state index is 0.199. The lowest BCUT2D eigenvalue weighted by molar-refractivity contribution is -0.139. The van der Waals surface area contributed by atoms with Gasteiger partial charge < -0.3 is 15.2 Å². The van der Waals surface area contributed by atoms with E-state index in [1.165, 1.54) is 17.3 Å². The summed E-state index contributed by atoms with van der Waals surface area (Å²) in [6.45, 7) is 1.70. The van der Waals surface area contributed by atoms with Gasteiger partial charge in [0.25, 0.3) is 5.91 Å². The highest BCUT2D eigenvalue weighted by Gasteiger charge is 2.23. The molecule has 0 saturated carbocycles. The van der Waals surface area contributed by atoms with Crippen LogP contribution in [0.2, 0.25) is 0 Å². The number of benzene rings is 2. The van der Waals surface area contributed by atoms with Crippen LogP contribution in [0.25, 0.3) is 6.08 Å². The summed E-state index contributed by atoms with van der Waals surface area (Å²) < 4.78 is 5.09. The third-order valence-corrected chi connectivity index (χ3v) is 4.68. The van der Waals surface area contributed by atoms with Crippen LogP contribution in [0, 0.1) is 0 Å². The van der Waals surface area contributed by atoms with Crippen LogP contribution in [0.15, 0.2) is 58.4 Å². The number of rotatable bonds is 6. The van der Waals surface area contributed by atoms with Gasteiger partial charge in [-0.2, -0.15) is 0 Å². The standard InChI is InChI=1S/C20H18N2O4S/c1-2-13-3-7-15(8-4-13)21-20-22-19(25)17(27-20)11-14-5-9-16(10-6-14)26-12-18(23)24/h3-11H,2,12H2,1H3,(H,23,24)(H,21,22,25)/b17-11+. The fourth-order valence-corrected chi connectivity index (χ4v) is 3.20. The molecular weight excluding hydrogens is 364 g/mol. The number of nitrogens with one attached hydrogen (secondary N) is 1. The van der Waals surface area contributed by atoms with Crippen LogP contribution >= 0.6 is 11.8 Å². The van der Waals surface area contributed by atoms with Gasteiger partial charge in [-0.1, -0.05) is 31.2 Å². The maximum atomic E-state index is 12.2. The molecule has 2 N–H and O–H groups in total. The Morgan fingerprint density at radius 1 is 1.19 bits per heavy atom. The molecule has 0 unspecified atom stereocenters. The number of carbonyl (C=O) groups is 2. The molecule has 6 nitrogen and oxygen atoms in total. The molecule has 1 fully saturated rings. The van der Waals surface area contributed by atoms with Gasteiger partial charge in [0.15, 0.2) is 11.8 Å². The number of aliphatic imine (C=N–C) groups is 1. The number of aryl methyl sites for hydroxylation is 1. The Bertz CT molecular complexity index is 903. The largest absolute Gasteiger partial charge is 0.482 e. The van der Waals surface area contributed by atoms with E-state index >= 15 is 0 Å². The SMILES string of the molecule is CCc1ccc(N=C2NC(=O)/C(=C\c3ccc(OCC(=O)O)cc3)S2)cc1. The van der Waals surface area contributed by atoms with Crippen LogP contribution in [0.5, 0.6) is 5.75 Å². The first-order valence-electron chi connectivity index (χ1n) is 8.36. The molecule has 0 atom stereocenters. The van der Waals surface area contributed by atoms with Gasteiger partial charge in [0.2, 0.25) is 0 Å². The average Bonchev–Trinajstić information content (AvgIpc) is 3.00. The van der Waals surface area contributed by atoms with Gasteiger partial charge in [-0.15, -0.1) is 0 Å². The first kappa shape index (κ1) is 18.7. The van der Waals surface area contributed by atoms with Gasteiger partial charge in [-0.05, 0) is 59.7 Å². The number of aliphatic carboxylic acids is 1. The van der Waals surface area contributed by atoms with Gasteiger partial charge in [0, 0.05) is 0 Å². The topological polar surface area (TPSA) is 88.0 Å². The minimum Gasteiger partial charge on any atom is -0.482 e. The lowest BCUT2D eigenvalue weighted by atomic mass is 10.2. The van der Waals surface area contributed by atoms with Crippen LogP contribution in [-0.2, 0) is 16.0 Å². The summed E-state index contributed by atoms with van der Waals surface area (Å²) in [6.07, 6.45) is 2.72. The molecule has 0 aromatic heterocycles. The molecule has 0 radical (unpaired) electrons. The van der Waals surface area contributed by atoms with Crippen LogP contribution in [0.3, 0.4) is 0 Å². The van der Waals surface area contributed by atoms with Crippen molar-refractivity contribution in [1.82, 2.24) is 5.32 Å². The van der Waals surface area contributed by atoms with Crippen molar-refractivity contribution in [3.63, 3.8) is 0 Å². The minimum atomic E-state index is -1.03. The number of carboxylic acids is 1. The average molecular weight is 382 g/mol. The van der Waals surface area contributed by atoms with E-state index in [9.17, 15) is 9.59 Å². The second-order valence-corrected chi connectivity index (χ2v) is 6.78. The van der Waals surface area contributed by atoms with Crippen LogP contribution in [-0.4, -0.2) is 28.8 Å². The second-order valence-electron chi connectivity index (χ2n) is 5.75. The number of carbonyl (C=O) groups excluding carboxylic acids is 1. The van der Waals surface area contributed by atoms with Crippen molar-refractivity contribution < 1.29 is 19.4 Å². The highest BCUT2D eigenvalue weighted by Crippen LogP contribution is 2.28. The number of nitrogens with zero attached hydrogens (tertiary/aromatic N) is 1. The van der Waals surface area contributed by atoms with E-state index in [0.29, 0.717) is 15.8 Å². The Labute approximate surface area is 161 Å². The molecule has 1 amide bonds. The van der Waals surface area contributed by atoms with Crippen LogP contribution in [0.4, 0.5) is 5.69 Å².